The molecule has 0 saturated heterocycles. The summed E-state index contributed by atoms with van der Waals surface area (Å²) in [4.78, 5) is 29.7. The Morgan fingerprint density at radius 3 is 2.45 bits per heavy atom. The number of nitrogens with zero attached hydrogens (tertiary/aromatic N) is 3. The van der Waals surface area contributed by atoms with Gasteiger partial charge >= 0.3 is 5.97 Å². The number of hydrogen-bond donors (Lipinski definition) is 0. The zero-order chi connectivity index (χ0) is 24.3. The molecule has 176 valence electrons. The molecule has 8 nitrogen and oxygen atoms in total. The van der Waals surface area contributed by atoms with Gasteiger partial charge < -0.3 is 9.30 Å². The molecule has 3 rings (SSSR count). The van der Waals surface area contributed by atoms with Gasteiger partial charge in [-0.3, -0.25) is 9.59 Å². The number of fused-ring (bicyclic) bond motifs is 1. The van der Waals surface area contributed by atoms with Crippen LogP contribution in [-0.4, -0.2) is 48.9 Å². The predicted molar refractivity (Wildman–Crippen MR) is 131 cm³/mol. The van der Waals surface area contributed by atoms with Gasteiger partial charge in [0.2, 0.25) is 10.0 Å². The second-order valence-electron chi connectivity index (χ2n) is 7.44. The first-order valence-corrected chi connectivity index (χ1v) is 13.2. The number of carbonyl (C=O) groups excluding carboxylic acids is 2. The molecule has 0 saturated carbocycles. The predicted octanol–water partition coefficient (Wildman–Crippen LogP) is 3.80. The summed E-state index contributed by atoms with van der Waals surface area (Å²) < 4.78 is 35.0. The van der Waals surface area contributed by atoms with E-state index in [4.69, 9.17) is 4.74 Å². The summed E-state index contributed by atoms with van der Waals surface area (Å²) in [6.45, 7) is 5.45. The number of halogens is 1. The molecule has 2 aromatic carbocycles. The fraction of sp³-hybridized carbons (Fsp3) is 0.318. The van der Waals surface area contributed by atoms with E-state index < -0.39 is 21.9 Å². The Balaban J connectivity index is 2.00. The van der Waals surface area contributed by atoms with Crippen LogP contribution < -0.4 is 4.80 Å². The van der Waals surface area contributed by atoms with Gasteiger partial charge in [0.1, 0.15) is 6.54 Å². The van der Waals surface area contributed by atoms with Crippen molar-refractivity contribution in [1.82, 2.24) is 8.87 Å². The Kier molecular flexibility index (Phi) is 7.88. The third-order valence-corrected chi connectivity index (χ3v) is 8.52. The highest BCUT2D eigenvalue weighted by atomic mass is 79.9. The number of aromatic nitrogens is 1. The number of thiazole rings is 1. The van der Waals surface area contributed by atoms with Crippen LogP contribution in [0.3, 0.4) is 0 Å². The molecule has 1 heterocycles. The molecule has 0 aliphatic heterocycles. The minimum Gasteiger partial charge on any atom is -0.465 e. The number of hydrogen-bond acceptors (Lipinski definition) is 6. The van der Waals surface area contributed by atoms with Crippen LogP contribution in [0.25, 0.3) is 10.2 Å². The van der Waals surface area contributed by atoms with Crippen molar-refractivity contribution in [3.05, 3.63) is 57.3 Å². The van der Waals surface area contributed by atoms with E-state index in [1.165, 1.54) is 47.0 Å². The van der Waals surface area contributed by atoms with E-state index in [-0.39, 0.29) is 29.7 Å². The molecule has 3 aromatic rings. The van der Waals surface area contributed by atoms with Crippen molar-refractivity contribution < 1.29 is 22.7 Å². The normalized spacial score (nSPS) is 12.6. The lowest BCUT2D eigenvalue weighted by Gasteiger charge is -2.20. The molecule has 0 bridgehead atoms. The van der Waals surface area contributed by atoms with Crippen LogP contribution in [-0.2, 0) is 26.1 Å². The molecule has 0 unspecified atom stereocenters. The average molecular weight is 554 g/mol. The molecule has 33 heavy (non-hydrogen) atoms. The van der Waals surface area contributed by atoms with Crippen LogP contribution in [0.4, 0.5) is 0 Å². The summed E-state index contributed by atoms with van der Waals surface area (Å²) in [5.74, 6) is -0.975. The standard InChI is InChI=1S/C22H24BrN3O5S2/c1-5-31-20(27)13-26-18-11-8-16(23)12-19(18)32-22(26)24-21(28)15-6-9-17(10-7-15)33(29,30)25(4)14(2)3/h6-12,14H,5,13H2,1-4H3. The fourth-order valence-electron chi connectivity index (χ4n) is 2.99. The number of carbonyl (C=O) groups is 2. The lowest BCUT2D eigenvalue weighted by molar-refractivity contribution is -0.143. The van der Waals surface area contributed by atoms with Crippen LogP contribution in [0.15, 0.2) is 56.8 Å². The van der Waals surface area contributed by atoms with Crippen molar-refractivity contribution in [2.24, 2.45) is 4.99 Å². The summed E-state index contributed by atoms with van der Waals surface area (Å²) in [5, 5.41) is 0. The Morgan fingerprint density at radius 1 is 1.18 bits per heavy atom. The number of amides is 1. The first-order valence-electron chi connectivity index (χ1n) is 10.2. The minimum atomic E-state index is -3.65. The molecule has 0 aliphatic carbocycles. The van der Waals surface area contributed by atoms with Crippen molar-refractivity contribution in [2.45, 2.75) is 38.3 Å². The molecule has 0 fully saturated rings. The van der Waals surface area contributed by atoms with Gasteiger partial charge in [0.15, 0.2) is 4.80 Å². The summed E-state index contributed by atoms with van der Waals surface area (Å²) in [5.41, 5.74) is 0.989. The molecule has 0 aliphatic rings. The highest BCUT2D eigenvalue weighted by molar-refractivity contribution is 9.10. The fourth-order valence-corrected chi connectivity index (χ4v) is 5.93. The molecule has 0 spiro atoms. The van der Waals surface area contributed by atoms with Crippen molar-refractivity contribution >= 4 is 59.4 Å². The highest BCUT2D eigenvalue weighted by Crippen LogP contribution is 2.23. The summed E-state index contributed by atoms with van der Waals surface area (Å²) >= 11 is 4.70. The molecule has 1 aromatic heterocycles. The largest absolute Gasteiger partial charge is 0.465 e. The van der Waals surface area contributed by atoms with E-state index in [1.807, 2.05) is 18.2 Å². The van der Waals surface area contributed by atoms with E-state index in [2.05, 4.69) is 20.9 Å². The van der Waals surface area contributed by atoms with Crippen LogP contribution in [0.1, 0.15) is 31.1 Å². The smallest absolute Gasteiger partial charge is 0.326 e. The second kappa shape index (κ2) is 10.3. The maximum absolute atomic E-state index is 12.9. The monoisotopic (exact) mass is 553 g/mol. The third-order valence-electron chi connectivity index (χ3n) is 4.94. The van der Waals surface area contributed by atoms with Gasteiger partial charge in [-0.25, -0.2) is 8.42 Å². The van der Waals surface area contributed by atoms with E-state index in [0.717, 1.165) is 14.7 Å². The van der Waals surface area contributed by atoms with Gasteiger partial charge in [-0.05, 0) is 63.2 Å². The molecular formula is C22H24BrN3O5S2. The first-order chi connectivity index (χ1) is 15.5. The van der Waals surface area contributed by atoms with Gasteiger partial charge in [0.25, 0.3) is 5.91 Å². The van der Waals surface area contributed by atoms with E-state index in [9.17, 15) is 18.0 Å². The molecule has 0 radical (unpaired) electrons. The molecule has 0 N–H and O–H groups in total. The topological polar surface area (TPSA) is 98.0 Å². The molecular weight excluding hydrogens is 530 g/mol. The molecule has 1 amide bonds. The second-order valence-corrected chi connectivity index (χ2v) is 11.4. The van der Waals surface area contributed by atoms with Gasteiger partial charge in [0, 0.05) is 23.1 Å². The molecule has 11 heteroatoms. The van der Waals surface area contributed by atoms with Crippen molar-refractivity contribution in [3.8, 4) is 0 Å². The molecule has 0 atom stereocenters. The zero-order valence-corrected chi connectivity index (χ0v) is 21.8. The summed E-state index contributed by atoms with van der Waals surface area (Å²) in [6, 6.07) is 11.0. The van der Waals surface area contributed by atoms with Crippen LogP contribution >= 0.6 is 27.3 Å². The van der Waals surface area contributed by atoms with Gasteiger partial charge in [-0.2, -0.15) is 9.30 Å². The number of benzene rings is 2. The zero-order valence-electron chi connectivity index (χ0n) is 18.6. The SMILES string of the molecule is CCOC(=O)Cn1c(=NC(=O)c2ccc(S(=O)(=O)N(C)C(C)C)cc2)sc2cc(Br)ccc21. The van der Waals surface area contributed by atoms with Crippen molar-refractivity contribution in [2.75, 3.05) is 13.7 Å². The van der Waals surface area contributed by atoms with E-state index in [0.29, 0.717) is 4.80 Å². The van der Waals surface area contributed by atoms with Crippen LogP contribution in [0.5, 0.6) is 0 Å². The van der Waals surface area contributed by atoms with Crippen LogP contribution in [0, 0.1) is 0 Å². The highest BCUT2D eigenvalue weighted by Gasteiger charge is 2.23. The lowest BCUT2D eigenvalue weighted by Crippen LogP contribution is -2.33. The first kappa shape index (κ1) is 25.3. The van der Waals surface area contributed by atoms with Crippen molar-refractivity contribution in [3.63, 3.8) is 0 Å². The quantitative estimate of drug-likeness (QED) is 0.414. The maximum atomic E-state index is 12.9. The Hall–Kier alpha value is -2.34. The third kappa shape index (κ3) is 5.60. The number of ether oxygens (including phenoxy) is 1. The average Bonchev–Trinajstić information content (AvgIpc) is 3.08. The van der Waals surface area contributed by atoms with Crippen molar-refractivity contribution in [1.29, 1.82) is 0 Å². The van der Waals surface area contributed by atoms with Gasteiger partial charge in [-0.1, -0.05) is 27.3 Å². The van der Waals surface area contributed by atoms with Crippen LogP contribution in [0.2, 0.25) is 0 Å². The maximum Gasteiger partial charge on any atom is 0.326 e. The number of sulfonamides is 1. The Labute approximate surface area is 204 Å². The number of rotatable bonds is 7. The lowest BCUT2D eigenvalue weighted by atomic mass is 10.2. The Bertz CT molecular complexity index is 1360. The van der Waals surface area contributed by atoms with Gasteiger partial charge in [-0.15, -0.1) is 0 Å². The Morgan fingerprint density at radius 2 is 1.85 bits per heavy atom. The van der Waals surface area contributed by atoms with E-state index >= 15 is 0 Å². The van der Waals surface area contributed by atoms with Gasteiger partial charge in [0.05, 0.1) is 21.7 Å². The summed E-state index contributed by atoms with van der Waals surface area (Å²) in [7, 11) is -2.14. The summed E-state index contributed by atoms with van der Waals surface area (Å²) in [6.07, 6.45) is 0. The van der Waals surface area contributed by atoms with E-state index in [1.54, 1.807) is 25.3 Å². The number of esters is 1. The minimum absolute atomic E-state index is 0.0830.